The van der Waals surface area contributed by atoms with E-state index in [4.69, 9.17) is 4.74 Å². The lowest BCUT2D eigenvalue weighted by molar-refractivity contribution is -0.000668. The van der Waals surface area contributed by atoms with Gasteiger partial charge in [0.15, 0.2) is 5.78 Å². The minimum absolute atomic E-state index is 0.222. The Morgan fingerprint density at radius 2 is 2.26 bits per heavy atom. The summed E-state index contributed by atoms with van der Waals surface area (Å²) >= 11 is 1.70. The fraction of sp³-hybridized carbons (Fsp3) is 0.667. The second-order valence-corrected chi connectivity index (χ2v) is 6.90. The Bertz CT molecular complexity index is 435. The highest BCUT2D eigenvalue weighted by molar-refractivity contribution is 7.12. The lowest BCUT2D eigenvalue weighted by Crippen LogP contribution is -2.36. The number of Topliss-reactive ketones (excluding diaryl/α,β-unsaturated/α-hetero) is 1. The molecular weight excluding hydrogens is 258 g/mol. The van der Waals surface area contributed by atoms with Crippen molar-refractivity contribution in [3.63, 3.8) is 0 Å². The molecule has 0 aromatic carbocycles. The number of ketones is 1. The van der Waals surface area contributed by atoms with Gasteiger partial charge in [-0.2, -0.15) is 0 Å². The maximum Gasteiger partial charge on any atom is 0.177 e. The molecule has 106 valence electrons. The van der Waals surface area contributed by atoms with Gasteiger partial charge in [-0.15, -0.1) is 11.3 Å². The molecule has 1 aromatic heterocycles. The van der Waals surface area contributed by atoms with E-state index in [1.807, 2.05) is 27.0 Å². The van der Waals surface area contributed by atoms with Crippen LogP contribution in [0.5, 0.6) is 0 Å². The average Bonchev–Trinajstić information content (AvgIpc) is 2.69. The average molecular weight is 281 g/mol. The molecule has 1 fully saturated rings. The van der Waals surface area contributed by atoms with E-state index in [-0.39, 0.29) is 5.78 Å². The summed E-state index contributed by atoms with van der Waals surface area (Å²) in [6, 6.07) is 2.01. The summed E-state index contributed by atoms with van der Waals surface area (Å²) in [6.07, 6.45) is 3.84. The summed E-state index contributed by atoms with van der Waals surface area (Å²) in [5.74, 6) is 0.222. The van der Waals surface area contributed by atoms with E-state index >= 15 is 0 Å². The van der Waals surface area contributed by atoms with Gasteiger partial charge < -0.3 is 4.74 Å². The van der Waals surface area contributed by atoms with Crippen molar-refractivity contribution in [1.82, 2.24) is 4.90 Å². The fourth-order valence-electron chi connectivity index (χ4n) is 2.60. The molecule has 3 nitrogen and oxygen atoms in total. The molecule has 2 heterocycles. The Balaban J connectivity index is 1.86. The van der Waals surface area contributed by atoms with E-state index in [2.05, 4.69) is 4.90 Å². The third-order valence-electron chi connectivity index (χ3n) is 3.54. The minimum atomic E-state index is 0.222. The van der Waals surface area contributed by atoms with E-state index in [0.29, 0.717) is 12.6 Å². The van der Waals surface area contributed by atoms with Crippen molar-refractivity contribution >= 4 is 17.1 Å². The summed E-state index contributed by atoms with van der Waals surface area (Å²) < 4.78 is 5.71. The standard InChI is InChI=1S/C15H23NO2S/c1-11-8-14(12(2)19-11)15(17)10-16(3)9-13-6-4-5-7-18-13/h8,13H,4-7,9-10H2,1-3H3. The van der Waals surface area contributed by atoms with Crippen molar-refractivity contribution in [1.29, 1.82) is 0 Å². The fourth-order valence-corrected chi connectivity index (χ4v) is 3.54. The van der Waals surface area contributed by atoms with Gasteiger partial charge in [-0.05, 0) is 46.2 Å². The number of ether oxygens (including phenoxy) is 1. The number of nitrogens with zero attached hydrogens (tertiary/aromatic N) is 1. The number of thiophene rings is 1. The van der Waals surface area contributed by atoms with Crippen LogP contribution in [0.25, 0.3) is 0 Å². The van der Waals surface area contributed by atoms with E-state index in [1.165, 1.54) is 17.7 Å². The van der Waals surface area contributed by atoms with Crippen molar-refractivity contribution in [2.24, 2.45) is 0 Å². The number of rotatable bonds is 5. The molecule has 1 aromatic rings. The Kier molecular flexibility index (Phi) is 5.13. The van der Waals surface area contributed by atoms with Gasteiger partial charge in [-0.3, -0.25) is 9.69 Å². The molecule has 1 saturated heterocycles. The molecule has 19 heavy (non-hydrogen) atoms. The van der Waals surface area contributed by atoms with Crippen LogP contribution in [0.3, 0.4) is 0 Å². The lowest BCUT2D eigenvalue weighted by Gasteiger charge is -2.27. The topological polar surface area (TPSA) is 29.5 Å². The zero-order valence-corrected chi connectivity index (χ0v) is 12.9. The molecule has 0 spiro atoms. The van der Waals surface area contributed by atoms with Gasteiger partial charge in [0, 0.05) is 28.5 Å². The molecule has 4 heteroatoms. The maximum absolute atomic E-state index is 12.3. The predicted octanol–water partition coefficient (Wildman–Crippen LogP) is 3.05. The molecule has 1 aliphatic rings. The van der Waals surface area contributed by atoms with Crippen LogP contribution in [0.2, 0.25) is 0 Å². The molecule has 2 rings (SSSR count). The number of hydrogen-bond acceptors (Lipinski definition) is 4. The third-order valence-corrected chi connectivity index (χ3v) is 4.51. The van der Waals surface area contributed by atoms with Crippen LogP contribution in [-0.2, 0) is 4.74 Å². The maximum atomic E-state index is 12.3. The van der Waals surface area contributed by atoms with Gasteiger partial charge >= 0.3 is 0 Å². The van der Waals surface area contributed by atoms with E-state index < -0.39 is 0 Å². The smallest absolute Gasteiger partial charge is 0.177 e. The van der Waals surface area contributed by atoms with Crippen LogP contribution in [-0.4, -0.2) is 43.5 Å². The van der Waals surface area contributed by atoms with Gasteiger partial charge in [0.1, 0.15) is 0 Å². The van der Waals surface area contributed by atoms with Crippen LogP contribution < -0.4 is 0 Å². The molecule has 0 radical (unpaired) electrons. The zero-order chi connectivity index (χ0) is 13.8. The summed E-state index contributed by atoms with van der Waals surface area (Å²) in [7, 11) is 2.00. The molecule has 0 N–H and O–H groups in total. The second kappa shape index (κ2) is 6.64. The van der Waals surface area contributed by atoms with Crippen LogP contribution in [0.4, 0.5) is 0 Å². The van der Waals surface area contributed by atoms with Gasteiger partial charge in [0.05, 0.1) is 12.6 Å². The van der Waals surface area contributed by atoms with Gasteiger partial charge in [-0.25, -0.2) is 0 Å². The molecule has 1 aliphatic heterocycles. The summed E-state index contributed by atoms with van der Waals surface area (Å²) in [4.78, 5) is 16.7. The highest BCUT2D eigenvalue weighted by Crippen LogP contribution is 2.21. The van der Waals surface area contributed by atoms with Gasteiger partial charge in [0.25, 0.3) is 0 Å². The number of carbonyl (C=O) groups is 1. The van der Waals surface area contributed by atoms with Crippen LogP contribution in [0.15, 0.2) is 6.07 Å². The highest BCUT2D eigenvalue weighted by atomic mass is 32.1. The van der Waals surface area contributed by atoms with Crippen LogP contribution >= 0.6 is 11.3 Å². The first-order valence-electron chi connectivity index (χ1n) is 6.96. The van der Waals surface area contributed by atoms with Crippen molar-refractivity contribution in [2.45, 2.75) is 39.2 Å². The van der Waals surface area contributed by atoms with Crippen molar-refractivity contribution in [3.05, 3.63) is 21.4 Å². The molecule has 1 unspecified atom stereocenters. The predicted molar refractivity (Wildman–Crippen MR) is 79.2 cm³/mol. The monoisotopic (exact) mass is 281 g/mol. The number of hydrogen-bond donors (Lipinski definition) is 0. The summed E-state index contributed by atoms with van der Waals surface area (Å²) in [5.41, 5.74) is 0.888. The molecule has 1 atom stereocenters. The second-order valence-electron chi connectivity index (χ2n) is 5.44. The Morgan fingerprint density at radius 1 is 1.47 bits per heavy atom. The van der Waals surface area contributed by atoms with E-state index in [1.54, 1.807) is 11.3 Å². The molecule has 0 amide bonds. The first kappa shape index (κ1) is 14.7. The largest absolute Gasteiger partial charge is 0.377 e. The minimum Gasteiger partial charge on any atom is -0.377 e. The molecule has 0 aliphatic carbocycles. The Hall–Kier alpha value is -0.710. The van der Waals surface area contributed by atoms with Crippen LogP contribution in [0.1, 0.15) is 39.4 Å². The van der Waals surface area contributed by atoms with E-state index in [0.717, 1.165) is 30.0 Å². The zero-order valence-electron chi connectivity index (χ0n) is 12.1. The van der Waals surface area contributed by atoms with E-state index in [9.17, 15) is 4.79 Å². The van der Waals surface area contributed by atoms with Crippen molar-refractivity contribution in [2.75, 3.05) is 26.7 Å². The number of carbonyl (C=O) groups excluding carboxylic acids is 1. The first-order valence-corrected chi connectivity index (χ1v) is 7.78. The SMILES string of the molecule is Cc1cc(C(=O)CN(C)CC2CCCCO2)c(C)s1. The van der Waals surface area contributed by atoms with Gasteiger partial charge in [0.2, 0.25) is 0 Å². The first-order chi connectivity index (χ1) is 9.06. The summed E-state index contributed by atoms with van der Waals surface area (Å²) in [6.45, 7) is 6.28. The molecule has 0 saturated carbocycles. The normalized spacial score (nSPS) is 19.9. The summed E-state index contributed by atoms with van der Waals surface area (Å²) in [5, 5.41) is 0. The lowest BCUT2D eigenvalue weighted by atomic mass is 10.1. The van der Waals surface area contributed by atoms with Crippen molar-refractivity contribution < 1.29 is 9.53 Å². The number of aryl methyl sites for hydroxylation is 2. The molecular formula is C15H23NO2S. The quantitative estimate of drug-likeness (QED) is 0.777. The molecule has 0 bridgehead atoms. The Labute approximate surface area is 119 Å². The number of likely N-dealkylation sites (N-methyl/N-ethyl adjacent to an activating group) is 1. The van der Waals surface area contributed by atoms with Gasteiger partial charge in [-0.1, -0.05) is 0 Å². The van der Waals surface area contributed by atoms with Crippen LogP contribution in [0, 0.1) is 13.8 Å². The Morgan fingerprint density at radius 3 is 2.84 bits per heavy atom. The highest BCUT2D eigenvalue weighted by Gasteiger charge is 2.19. The third kappa shape index (κ3) is 4.13. The van der Waals surface area contributed by atoms with Crippen molar-refractivity contribution in [3.8, 4) is 0 Å².